The van der Waals surface area contributed by atoms with Gasteiger partial charge in [0.05, 0.1) is 12.2 Å². The van der Waals surface area contributed by atoms with Crippen LogP contribution in [0, 0.1) is 13.8 Å². The summed E-state index contributed by atoms with van der Waals surface area (Å²) in [5.74, 6) is 0.672. The third-order valence-electron chi connectivity index (χ3n) is 4.82. The maximum Gasteiger partial charge on any atom is 0.253 e. The number of nitrogens with one attached hydrogen (secondary N) is 2. The summed E-state index contributed by atoms with van der Waals surface area (Å²) in [4.78, 5) is 28.2. The molecule has 0 saturated carbocycles. The summed E-state index contributed by atoms with van der Waals surface area (Å²) in [7, 11) is 0. The smallest absolute Gasteiger partial charge is 0.253 e. The predicted octanol–water partition coefficient (Wildman–Crippen LogP) is 4.43. The van der Waals surface area contributed by atoms with Crippen LogP contribution in [0.5, 0.6) is 5.75 Å². The number of hydrogen-bond donors (Lipinski definition) is 2. The Labute approximate surface area is 182 Å². The SMILES string of the molecule is Cc1cccc(C)c1OCCCC(=O)Nc1ccc(CNC(=O)c2cccnc2)cc1. The molecule has 6 nitrogen and oxygen atoms in total. The number of carbonyl (C=O) groups excluding carboxylic acids is 2. The fourth-order valence-corrected chi connectivity index (χ4v) is 3.14. The van der Waals surface area contributed by atoms with Gasteiger partial charge in [-0.25, -0.2) is 0 Å². The molecular formula is C25H27N3O3. The molecule has 0 saturated heterocycles. The molecule has 0 unspecified atom stereocenters. The zero-order chi connectivity index (χ0) is 22.1. The highest BCUT2D eigenvalue weighted by Gasteiger charge is 2.07. The van der Waals surface area contributed by atoms with Crippen molar-refractivity contribution in [2.24, 2.45) is 0 Å². The number of rotatable bonds is 9. The van der Waals surface area contributed by atoms with Crippen molar-refractivity contribution in [1.29, 1.82) is 0 Å². The van der Waals surface area contributed by atoms with Gasteiger partial charge in [-0.15, -0.1) is 0 Å². The van der Waals surface area contributed by atoms with Gasteiger partial charge in [-0.1, -0.05) is 30.3 Å². The van der Waals surface area contributed by atoms with Crippen LogP contribution in [0.4, 0.5) is 5.69 Å². The first-order chi connectivity index (χ1) is 15.0. The third-order valence-corrected chi connectivity index (χ3v) is 4.82. The van der Waals surface area contributed by atoms with Crippen LogP contribution in [0.25, 0.3) is 0 Å². The van der Waals surface area contributed by atoms with Gasteiger partial charge in [-0.05, 0) is 61.2 Å². The van der Waals surface area contributed by atoms with Gasteiger partial charge in [-0.3, -0.25) is 14.6 Å². The topological polar surface area (TPSA) is 80.3 Å². The van der Waals surface area contributed by atoms with Crippen LogP contribution in [0.15, 0.2) is 67.0 Å². The Kier molecular flexibility index (Phi) is 7.76. The molecule has 2 aromatic carbocycles. The lowest BCUT2D eigenvalue weighted by molar-refractivity contribution is -0.116. The second-order valence-corrected chi connectivity index (χ2v) is 7.34. The lowest BCUT2D eigenvalue weighted by Gasteiger charge is -2.12. The largest absolute Gasteiger partial charge is 0.493 e. The highest BCUT2D eigenvalue weighted by Crippen LogP contribution is 2.22. The van der Waals surface area contributed by atoms with E-state index in [1.807, 2.05) is 56.3 Å². The van der Waals surface area contributed by atoms with Crippen molar-refractivity contribution < 1.29 is 14.3 Å². The number of aromatic nitrogens is 1. The fraction of sp³-hybridized carbons (Fsp3) is 0.240. The van der Waals surface area contributed by atoms with Crippen LogP contribution in [-0.2, 0) is 11.3 Å². The fourth-order valence-electron chi connectivity index (χ4n) is 3.14. The van der Waals surface area contributed by atoms with Crippen LogP contribution in [0.3, 0.4) is 0 Å². The van der Waals surface area contributed by atoms with Gasteiger partial charge in [-0.2, -0.15) is 0 Å². The van der Waals surface area contributed by atoms with Gasteiger partial charge >= 0.3 is 0 Å². The average Bonchev–Trinajstić information content (AvgIpc) is 2.78. The maximum absolute atomic E-state index is 12.2. The van der Waals surface area contributed by atoms with Gasteiger partial charge in [0.1, 0.15) is 5.75 Å². The lowest BCUT2D eigenvalue weighted by atomic mass is 10.1. The number of pyridine rings is 1. The molecule has 31 heavy (non-hydrogen) atoms. The van der Waals surface area contributed by atoms with Crippen LogP contribution in [0.1, 0.15) is 39.9 Å². The Morgan fingerprint density at radius 2 is 1.71 bits per heavy atom. The van der Waals surface area contributed by atoms with E-state index in [1.165, 1.54) is 6.20 Å². The molecule has 6 heteroatoms. The van der Waals surface area contributed by atoms with E-state index in [2.05, 4.69) is 15.6 Å². The molecule has 0 atom stereocenters. The van der Waals surface area contributed by atoms with Gasteiger partial charge in [0, 0.05) is 31.0 Å². The number of amides is 2. The molecule has 0 bridgehead atoms. The van der Waals surface area contributed by atoms with E-state index >= 15 is 0 Å². The normalized spacial score (nSPS) is 10.4. The number of hydrogen-bond acceptors (Lipinski definition) is 4. The molecular weight excluding hydrogens is 390 g/mol. The van der Waals surface area contributed by atoms with Crippen molar-refractivity contribution in [1.82, 2.24) is 10.3 Å². The number of anilines is 1. The highest BCUT2D eigenvalue weighted by molar-refractivity contribution is 5.93. The Morgan fingerprint density at radius 1 is 0.968 bits per heavy atom. The summed E-state index contributed by atoms with van der Waals surface area (Å²) in [5.41, 5.74) is 4.38. The highest BCUT2D eigenvalue weighted by atomic mass is 16.5. The van der Waals surface area contributed by atoms with Crippen LogP contribution in [0.2, 0.25) is 0 Å². The van der Waals surface area contributed by atoms with Gasteiger partial charge in [0.2, 0.25) is 5.91 Å². The van der Waals surface area contributed by atoms with Crippen molar-refractivity contribution in [2.45, 2.75) is 33.2 Å². The first-order valence-electron chi connectivity index (χ1n) is 10.3. The number of ether oxygens (including phenoxy) is 1. The van der Waals surface area contributed by atoms with E-state index in [4.69, 9.17) is 4.74 Å². The summed E-state index contributed by atoms with van der Waals surface area (Å²) in [6.07, 6.45) is 4.18. The molecule has 160 valence electrons. The Hall–Kier alpha value is -3.67. The first-order valence-corrected chi connectivity index (χ1v) is 10.3. The predicted molar refractivity (Wildman–Crippen MR) is 121 cm³/mol. The second kappa shape index (κ2) is 10.9. The minimum Gasteiger partial charge on any atom is -0.493 e. The van der Waals surface area contributed by atoms with Gasteiger partial charge in [0.15, 0.2) is 0 Å². The molecule has 0 aliphatic rings. The molecule has 0 fully saturated rings. The number of benzene rings is 2. The number of nitrogens with zero attached hydrogens (tertiary/aromatic N) is 1. The summed E-state index contributed by atoms with van der Waals surface area (Å²) < 4.78 is 5.84. The molecule has 0 spiro atoms. The lowest BCUT2D eigenvalue weighted by Crippen LogP contribution is -2.22. The Bertz CT molecular complexity index is 998. The third kappa shape index (κ3) is 6.67. The minimum atomic E-state index is -0.173. The van der Waals surface area contributed by atoms with Gasteiger partial charge < -0.3 is 15.4 Å². The average molecular weight is 418 g/mol. The molecule has 3 aromatic rings. The van der Waals surface area contributed by atoms with Crippen LogP contribution < -0.4 is 15.4 Å². The van der Waals surface area contributed by atoms with E-state index < -0.39 is 0 Å². The summed E-state index contributed by atoms with van der Waals surface area (Å²) in [6, 6.07) is 16.9. The molecule has 0 radical (unpaired) electrons. The monoisotopic (exact) mass is 417 g/mol. The molecule has 0 aliphatic carbocycles. The van der Waals surface area contributed by atoms with Crippen molar-refractivity contribution in [3.63, 3.8) is 0 Å². The quantitative estimate of drug-likeness (QED) is 0.505. The molecule has 3 rings (SSSR count). The summed E-state index contributed by atoms with van der Waals surface area (Å²) in [5, 5.41) is 5.74. The van der Waals surface area contributed by atoms with E-state index in [-0.39, 0.29) is 11.8 Å². The van der Waals surface area contributed by atoms with Crippen molar-refractivity contribution in [3.8, 4) is 5.75 Å². The molecule has 2 N–H and O–H groups in total. The zero-order valence-electron chi connectivity index (χ0n) is 17.9. The maximum atomic E-state index is 12.2. The second-order valence-electron chi connectivity index (χ2n) is 7.34. The van der Waals surface area contributed by atoms with E-state index in [0.717, 1.165) is 28.1 Å². The molecule has 0 aliphatic heterocycles. The van der Waals surface area contributed by atoms with Crippen molar-refractivity contribution in [2.75, 3.05) is 11.9 Å². The Morgan fingerprint density at radius 3 is 2.39 bits per heavy atom. The Balaban J connectivity index is 1.39. The van der Waals surface area contributed by atoms with E-state index in [9.17, 15) is 9.59 Å². The van der Waals surface area contributed by atoms with Gasteiger partial charge in [0.25, 0.3) is 5.91 Å². The molecule has 1 heterocycles. The summed E-state index contributed by atoms with van der Waals surface area (Å²) in [6.45, 7) is 4.93. The van der Waals surface area contributed by atoms with Crippen molar-refractivity contribution >= 4 is 17.5 Å². The molecule has 2 amide bonds. The van der Waals surface area contributed by atoms with Crippen LogP contribution >= 0.6 is 0 Å². The van der Waals surface area contributed by atoms with E-state index in [1.54, 1.807) is 18.3 Å². The number of aryl methyl sites for hydroxylation is 2. The van der Waals surface area contributed by atoms with Crippen LogP contribution in [-0.4, -0.2) is 23.4 Å². The standard InChI is InChI=1S/C25H27N3O3/c1-18-6-3-7-19(2)24(18)31-15-5-9-23(29)28-22-12-10-20(11-13-22)16-27-25(30)21-8-4-14-26-17-21/h3-4,6-8,10-14,17H,5,9,15-16H2,1-2H3,(H,27,30)(H,28,29). The molecule has 1 aromatic heterocycles. The minimum absolute atomic E-state index is 0.0530. The first kappa shape index (κ1) is 22.0. The zero-order valence-corrected chi connectivity index (χ0v) is 17.9. The summed E-state index contributed by atoms with van der Waals surface area (Å²) >= 11 is 0. The van der Waals surface area contributed by atoms with E-state index in [0.29, 0.717) is 31.6 Å². The van der Waals surface area contributed by atoms with Crippen molar-refractivity contribution in [3.05, 3.63) is 89.2 Å². The number of para-hydroxylation sites is 1. The number of carbonyl (C=O) groups is 2.